The first kappa shape index (κ1) is 20.0. The number of furan rings is 1. The van der Waals surface area contributed by atoms with Crippen LogP contribution in [0.1, 0.15) is 24.7 Å². The number of para-hydroxylation sites is 1. The zero-order chi connectivity index (χ0) is 16.9. The number of nitrogens with one attached hydrogen (secondary N) is 1. The molecule has 3 rings (SSSR count). The Labute approximate surface area is 166 Å². The topological polar surface area (TPSA) is 50.0 Å². The number of aryl methyl sites for hydroxylation is 1. The molecule has 25 heavy (non-hydrogen) atoms. The van der Waals surface area contributed by atoms with E-state index in [4.69, 9.17) is 9.15 Å². The second-order valence-electron chi connectivity index (χ2n) is 6.31. The van der Waals surface area contributed by atoms with Crippen molar-refractivity contribution in [3.05, 3.63) is 35.6 Å². The monoisotopic (exact) mass is 457 g/mol. The fourth-order valence-corrected chi connectivity index (χ4v) is 3.33. The molecular formula is C19H28IN3O2. The molecule has 138 valence electrons. The Hall–Kier alpha value is -1.28. The Bertz CT molecular complexity index is 714. The van der Waals surface area contributed by atoms with Crippen molar-refractivity contribution in [3.63, 3.8) is 0 Å². The van der Waals surface area contributed by atoms with E-state index in [-0.39, 0.29) is 24.0 Å². The van der Waals surface area contributed by atoms with Crippen LogP contribution in [0.15, 0.2) is 33.7 Å². The molecule has 0 spiro atoms. The third-order valence-electron chi connectivity index (χ3n) is 4.70. The average molecular weight is 457 g/mol. The van der Waals surface area contributed by atoms with Crippen molar-refractivity contribution in [1.29, 1.82) is 0 Å². The summed E-state index contributed by atoms with van der Waals surface area (Å²) >= 11 is 0. The molecule has 5 nitrogen and oxygen atoms in total. The Morgan fingerprint density at radius 1 is 1.40 bits per heavy atom. The highest BCUT2D eigenvalue weighted by atomic mass is 127. The number of hydrogen-bond donors (Lipinski definition) is 1. The van der Waals surface area contributed by atoms with Crippen molar-refractivity contribution in [3.8, 4) is 0 Å². The number of likely N-dealkylation sites (tertiary alicyclic amines) is 1. The van der Waals surface area contributed by atoms with Crippen molar-refractivity contribution in [1.82, 2.24) is 10.2 Å². The Balaban J connectivity index is 0.00000225. The van der Waals surface area contributed by atoms with Crippen molar-refractivity contribution in [2.45, 2.75) is 26.8 Å². The molecule has 2 heterocycles. The Morgan fingerprint density at radius 3 is 2.92 bits per heavy atom. The molecule has 0 bridgehead atoms. The van der Waals surface area contributed by atoms with Crippen molar-refractivity contribution >= 4 is 40.9 Å². The summed E-state index contributed by atoms with van der Waals surface area (Å²) in [5.41, 5.74) is 2.14. The number of fused-ring (bicyclic) bond motifs is 1. The van der Waals surface area contributed by atoms with Gasteiger partial charge in [-0.05, 0) is 26.3 Å². The normalized spacial score (nSPS) is 17.8. The van der Waals surface area contributed by atoms with Gasteiger partial charge in [0, 0.05) is 43.6 Å². The predicted molar refractivity (Wildman–Crippen MR) is 113 cm³/mol. The minimum atomic E-state index is 0. The predicted octanol–water partition coefficient (Wildman–Crippen LogP) is 3.79. The first-order chi connectivity index (χ1) is 11.7. The van der Waals surface area contributed by atoms with Gasteiger partial charge in [0.05, 0.1) is 13.2 Å². The van der Waals surface area contributed by atoms with Gasteiger partial charge in [0.2, 0.25) is 0 Å². The molecule has 6 heteroatoms. The van der Waals surface area contributed by atoms with E-state index in [1.807, 2.05) is 32.2 Å². The smallest absolute Gasteiger partial charge is 0.194 e. The quantitative estimate of drug-likeness (QED) is 0.422. The molecule has 1 unspecified atom stereocenters. The summed E-state index contributed by atoms with van der Waals surface area (Å²) in [4.78, 5) is 6.74. The minimum Gasteiger partial charge on any atom is -0.459 e. The van der Waals surface area contributed by atoms with Gasteiger partial charge in [0.1, 0.15) is 11.3 Å². The van der Waals surface area contributed by atoms with Crippen LogP contribution in [0.5, 0.6) is 0 Å². The zero-order valence-electron chi connectivity index (χ0n) is 15.2. The fraction of sp³-hybridized carbons (Fsp3) is 0.526. The first-order valence-electron chi connectivity index (χ1n) is 8.73. The van der Waals surface area contributed by atoms with Gasteiger partial charge < -0.3 is 19.4 Å². The van der Waals surface area contributed by atoms with Crippen LogP contribution in [0.25, 0.3) is 11.0 Å². The molecule has 0 aliphatic carbocycles. The summed E-state index contributed by atoms with van der Waals surface area (Å²) in [6, 6.07) is 8.17. The molecule has 2 aromatic rings. The van der Waals surface area contributed by atoms with E-state index in [1.54, 1.807) is 0 Å². The summed E-state index contributed by atoms with van der Waals surface area (Å²) in [6.45, 7) is 8.46. The third-order valence-corrected chi connectivity index (χ3v) is 4.70. The molecule has 1 aliphatic heterocycles. The minimum absolute atomic E-state index is 0. The lowest BCUT2D eigenvalue weighted by Crippen LogP contribution is -2.39. The van der Waals surface area contributed by atoms with E-state index in [2.05, 4.69) is 28.2 Å². The maximum atomic E-state index is 5.97. The second-order valence-corrected chi connectivity index (χ2v) is 6.31. The number of ether oxygens (including phenoxy) is 1. The lowest BCUT2D eigenvalue weighted by atomic mass is 10.1. The van der Waals surface area contributed by atoms with Gasteiger partial charge in [-0.15, -0.1) is 24.0 Å². The summed E-state index contributed by atoms with van der Waals surface area (Å²) < 4.78 is 11.5. The molecule has 1 aromatic heterocycles. The van der Waals surface area contributed by atoms with Gasteiger partial charge in [-0.3, -0.25) is 4.99 Å². The molecule has 0 saturated carbocycles. The van der Waals surface area contributed by atoms with Crippen LogP contribution in [-0.4, -0.2) is 44.2 Å². The standard InChI is InChI=1S/C19H27N3O2.HI/c1-4-23-13-15-9-10-22(12-15)19(20-3)21-11-18-14(2)16-7-5-6-8-17(16)24-18;/h5-8,15H,4,9-13H2,1-3H3,(H,20,21);1H. The van der Waals surface area contributed by atoms with Crippen molar-refractivity contribution in [2.24, 2.45) is 10.9 Å². The van der Waals surface area contributed by atoms with E-state index in [9.17, 15) is 0 Å². The van der Waals surface area contributed by atoms with Gasteiger partial charge in [0.25, 0.3) is 0 Å². The number of guanidine groups is 1. The number of nitrogens with zero attached hydrogens (tertiary/aromatic N) is 2. The molecule has 1 atom stereocenters. The lowest BCUT2D eigenvalue weighted by molar-refractivity contribution is 0.114. The van der Waals surface area contributed by atoms with E-state index in [0.29, 0.717) is 12.5 Å². The molecule has 1 N–H and O–H groups in total. The van der Waals surface area contributed by atoms with Crippen LogP contribution >= 0.6 is 24.0 Å². The van der Waals surface area contributed by atoms with Gasteiger partial charge in [-0.2, -0.15) is 0 Å². The Morgan fingerprint density at radius 2 is 2.20 bits per heavy atom. The highest BCUT2D eigenvalue weighted by Crippen LogP contribution is 2.25. The van der Waals surface area contributed by atoms with E-state index >= 15 is 0 Å². The van der Waals surface area contributed by atoms with Gasteiger partial charge in [0.15, 0.2) is 5.96 Å². The average Bonchev–Trinajstić information content (AvgIpc) is 3.19. The van der Waals surface area contributed by atoms with Crippen molar-refractivity contribution < 1.29 is 9.15 Å². The molecule has 1 saturated heterocycles. The van der Waals surface area contributed by atoms with Crippen molar-refractivity contribution in [2.75, 3.05) is 33.4 Å². The number of halogens is 1. The molecule has 1 aromatic carbocycles. The van der Waals surface area contributed by atoms with Gasteiger partial charge in [-0.1, -0.05) is 18.2 Å². The summed E-state index contributed by atoms with van der Waals surface area (Å²) in [5.74, 6) is 2.51. The van der Waals surface area contributed by atoms with Gasteiger partial charge >= 0.3 is 0 Å². The van der Waals surface area contributed by atoms with Crippen LogP contribution in [-0.2, 0) is 11.3 Å². The molecule has 1 fully saturated rings. The zero-order valence-corrected chi connectivity index (χ0v) is 17.6. The summed E-state index contributed by atoms with van der Waals surface area (Å²) in [7, 11) is 1.84. The van der Waals surface area contributed by atoms with Crippen LogP contribution in [0, 0.1) is 12.8 Å². The largest absolute Gasteiger partial charge is 0.459 e. The van der Waals surface area contributed by atoms with Crippen LogP contribution in [0.4, 0.5) is 0 Å². The van der Waals surface area contributed by atoms with Crippen LogP contribution in [0.3, 0.4) is 0 Å². The summed E-state index contributed by atoms with van der Waals surface area (Å²) in [6.07, 6.45) is 1.16. The lowest BCUT2D eigenvalue weighted by Gasteiger charge is -2.21. The van der Waals surface area contributed by atoms with Crippen LogP contribution in [0.2, 0.25) is 0 Å². The highest BCUT2D eigenvalue weighted by molar-refractivity contribution is 14.0. The fourth-order valence-electron chi connectivity index (χ4n) is 3.33. The number of benzene rings is 1. The molecule has 1 aliphatic rings. The van der Waals surface area contributed by atoms with E-state index in [1.165, 1.54) is 10.9 Å². The molecule has 0 amide bonds. The number of hydrogen-bond acceptors (Lipinski definition) is 3. The Kier molecular flexibility index (Phi) is 7.56. The van der Waals surface area contributed by atoms with Gasteiger partial charge in [-0.25, -0.2) is 0 Å². The maximum absolute atomic E-state index is 5.97. The maximum Gasteiger partial charge on any atom is 0.194 e. The number of rotatable bonds is 5. The van der Waals surface area contributed by atoms with Crippen LogP contribution < -0.4 is 5.32 Å². The van der Waals surface area contributed by atoms with E-state index in [0.717, 1.165) is 50.0 Å². The number of aliphatic imine (C=N–C) groups is 1. The molecule has 0 radical (unpaired) electrons. The summed E-state index contributed by atoms with van der Waals surface area (Å²) in [5, 5.41) is 4.63. The second kappa shape index (κ2) is 9.43. The first-order valence-corrected chi connectivity index (χ1v) is 8.73. The molecular weight excluding hydrogens is 429 g/mol. The van der Waals surface area contributed by atoms with E-state index < -0.39 is 0 Å². The SMILES string of the molecule is CCOCC1CCN(C(=NC)NCc2oc3ccccc3c2C)C1.I. The highest BCUT2D eigenvalue weighted by Gasteiger charge is 2.25. The third kappa shape index (κ3) is 4.67.